The lowest BCUT2D eigenvalue weighted by Gasteiger charge is -2.16. The number of nitrogens with two attached hydrogens (primary N) is 2. The van der Waals surface area contributed by atoms with Crippen LogP contribution in [0, 0.1) is 0 Å². The molecule has 132 valence electrons. The van der Waals surface area contributed by atoms with E-state index in [0.29, 0.717) is 23.5 Å². The van der Waals surface area contributed by atoms with Gasteiger partial charge in [-0.3, -0.25) is 4.57 Å². The molecule has 1 fully saturated rings. The Kier molecular flexibility index (Phi) is 5.21. The molecule has 9 nitrogen and oxygen atoms in total. The summed E-state index contributed by atoms with van der Waals surface area (Å²) >= 11 is 0. The van der Waals surface area contributed by atoms with Gasteiger partial charge in [0.25, 0.3) is 0 Å². The average molecular weight is 355 g/mol. The number of fused-ring (bicyclic) bond motifs is 1. The molecule has 0 saturated carbocycles. The molecule has 1 saturated heterocycles. The molecule has 5 atom stereocenters. The van der Waals surface area contributed by atoms with Crippen molar-refractivity contribution in [1.29, 1.82) is 0 Å². The number of ether oxygens (including phenoxy) is 1. The molecule has 6 N–H and O–H groups in total. The van der Waals surface area contributed by atoms with Gasteiger partial charge in [0.05, 0.1) is 12.6 Å². The van der Waals surface area contributed by atoms with Crippen LogP contribution in [0.5, 0.6) is 0 Å². The minimum atomic E-state index is -1.06. The first kappa shape index (κ1) is 17.4. The van der Waals surface area contributed by atoms with Crippen molar-refractivity contribution in [2.45, 2.75) is 31.0 Å². The highest BCUT2D eigenvalue weighted by Crippen LogP contribution is 2.32. The van der Waals surface area contributed by atoms with Crippen LogP contribution in [-0.4, -0.2) is 72.4 Å². The van der Waals surface area contributed by atoms with Crippen molar-refractivity contribution in [3.63, 3.8) is 0 Å². The molecule has 0 radical (unpaired) electrons. The number of aromatic nitrogens is 4. The normalized spacial score (nSPS) is 28.5. The van der Waals surface area contributed by atoms with Crippen LogP contribution in [-0.2, 0) is 15.6 Å². The number of nitrogen functional groups attached to an aromatic ring is 1. The molecule has 2 aromatic heterocycles. The van der Waals surface area contributed by atoms with Crippen molar-refractivity contribution in [3.05, 3.63) is 12.7 Å². The first-order chi connectivity index (χ1) is 11.5. The number of anilines is 1. The van der Waals surface area contributed by atoms with Crippen molar-refractivity contribution >= 4 is 27.9 Å². The van der Waals surface area contributed by atoms with Gasteiger partial charge in [-0.15, -0.1) is 0 Å². The van der Waals surface area contributed by atoms with Crippen LogP contribution < -0.4 is 11.5 Å². The maximum atomic E-state index is 10.4. The molecule has 24 heavy (non-hydrogen) atoms. The van der Waals surface area contributed by atoms with Gasteiger partial charge in [-0.2, -0.15) is 0 Å². The highest BCUT2D eigenvalue weighted by Gasteiger charge is 2.46. The Morgan fingerprint density at radius 2 is 2.08 bits per heavy atom. The Labute approximate surface area is 142 Å². The van der Waals surface area contributed by atoms with Gasteiger partial charge in [-0.1, -0.05) is 0 Å². The maximum absolute atomic E-state index is 10.4. The first-order valence-electron chi connectivity index (χ1n) is 7.76. The fourth-order valence-electron chi connectivity index (χ4n) is 2.85. The molecule has 2 unspecified atom stereocenters. The lowest BCUT2D eigenvalue weighted by molar-refractivity contribution is -0.0290. The Morgan fingerprint density at radius 1 is 1.29 bits per heavy atom. The second-order valence-electron chi connectivity index (χ2n) is 5.92. The van der Waals surface area contributed by atoms with E-state index >= 15 is 0 Å². The van der Waals surface area contributed by atoms with Crippen molar-refractivity contribution < 1.29 is 14.9 Å². The van der Waals surface area contributed by atoms with Gasteiger partial charge in [-0.05, 0) is 17.4 Å². The van der Waals surface area contributed by atoms with Crippen LogP contribution in [0.2, 0.25) is 0 Å². The third kappa shape index (κ3) is 3.20. The maximum Gasteiger partial charge on any atom is 0.167 e. The van der Waals surface area contributed by atoms with E-state index in [0.717, 1.165) is 12.2 Å². The second-order valence-corrected chi connectivity index (χ2v) is 8.23. The van der Waals surface area contributed by atoms with E-state index in [1.165, 1.54) is 12.7 Å². The molecule has 10 heteroatoms. The van der Waals surface area contributed by atoms with Gasteiger partial charge in [0.2, 0.25) is 0 Å². The molecular formula is C14H23N6O3S+. The SMILES string of the molecule is C[S+](CCCN)C[C@H]1OC(n2cnc3c(N)ncnc32)[C@H](O)[C@@H]1O. The Bertz CT molecular complexity index is 698. The van der Waals surface area contributed by atoms with Gasteiger partial charge in [0, 0.05) is 6.42 Å². The topological polar surface area (TPSA) is 145 Å². The summed E-state index contributed by atoms with van der Waals surface area (Å²) in [6.07, 6.45) is 2.68. The van der Waals surface area contributed by atoms with Crippen LogP contribution >= 0.6 is 0 Å². The summed E-state index contributed by atoms with van der Waals surface area (Å²) in [5.74, 6) is 1.93. The third-order valence-electron chi connectivity index (χ3n) is 4.14. The van der Waals surface area contributed by atoms with Crippen molar-refractivity contribution in [2.75, 3.05) is 30.0 Å². The second kappa shape index (κ2) is 7.19. The molecule has 1 aliphatic rings. The average Bonchev–Trinajstić information content (AvgIpc) is 3.10. The highest BCUT2D eigenvalue weighted by atomic mass is 32.2. The zero-order chi connectivity index (χ0) is 17.3. The van der Waals surface area contributed by atoms with E-state index in [2.05, 4.69) is 21.2 Å². The van der Waals surface area contributed by atoms with Crippen LogP contribution in [0.4, 0.5) is 5.82 Å². The molecule has 0 bridgehead atoms. The van der Waals surface area contributed by atoms with Crippen LogP contribution in [0.3, 0.4) is 0 Å². The van der Waals surface area contributed by atoms with Crippen LogP contribution in [0.1, 0.15) is 12.6 Å². The van der Waals surface area contributed by atoms with Crippen molar-refractivity contribution in [3.8, 4) is 0 Å². The highest BCUT2D eigenvalue weighted by molar-refractivity contribution is 7.96. The molecule has 0 aromatic carbocycles. The van der Waals surface area contributed by atoms with E-state index in [4.69, 9.17) is 16.2 Å². The number of aliphatic hydroxyl groups excluding tert-OH is 2. The minimum absolute atomic E-state index is 0.0655. The summed E-state index contributed by atoms with van der Waals surface area (Å²) in [6.45, 7) is 0.652. The Balaban J connectivity index is 1.78. The quantitative estimate of drug-likeness (QED) is 0.464. The van der Waals surface area contributed by atoms with Gasteiger partial charge < -0.3 is 26.4 Å². The summed E-state index contributed by atoms with van der Waals surface area (Å²) in [5.41, 5.74) is 12.2. The standard InChI is InChI=1S/C14H23N6O3S/c1-24(4-2-3-15)5-8-10(21)11(22)14(23-8)20-7-19-9-12(16)17-6-18-13(9)20/h6-8,10-11,14,21-22H,2-5,15H2,1H3,(H2,16,17,18)/q+1/t8-,10-,11-,14?,24?/m1/s1. The number of aliphatic hydroxyl groups is 2. The van der Waals surface area contributed by atoms with E-state index in [9.17, 15) is 10.2 Å². The van der Waals surface area contributed by atoms with E-state index in [1.54, 1.807) is 4.57 Å². The zero-order valence-electron chi connectivity index (χ0n) is 13.4. The molecule has 1 aliphatic heterocycles. The Hall–Kier alpha value is -1.46. The van der Waals surface area contributed by atoms with Crippen molar-refractivity contribution in [1.82, 2.24) is 19.5 Å². The van der Waals surface area contributed by atoms with Gasteiger partial charge in [-0.25, -0.2) is 15.0 Å². The third-order valence-corrected chi connectivity index (χ3v) is 6.03. The molecule has 0 amide bonds. The van der Waals surface area contributed by atoms with Crippen LogP contribution in [0.15, 0.2) is 12.7 Å². The summed E-state index contributed by atoms with van der Waals surface area (Å²) < 4.78 is 7.52. The summed E-state index contributed by atoms with van der Waals surface area (Å²) in [7, 11) is 0.0655. The number of hydrogen-bond donors (Lipinski definition) is 4. The monoisotopic (exact) mass is 355 g/mol. The van der Waals surface area contributed by atoms with E-state index in [-0.39, 0.29) is 16.7 Å². The number of rotatable bonds is 6. The van der Waals surface area contributed by atoms with Gasteiger partial charge in [0.1, 0.15) is 41.7 Å². The summed E-state index contributed by atoms with van der Waals surface area (Å²) in [5, 5.41) is 20.7. The number of nitrogens with zero attached hydrogens (tertiary/aromatic N) is 4. The molecule has 3 rings (SSSR count). The first-order valence-corrected chi connectivity index (χ1v) is 9.74. The smallest absolute Gasteiger partial charge is 0.167 e. The lowest BCUT2D eigenvalue weighted by atomic mass is 10.1. The molecule has 0 aliphatic carbocycles. The molecule has 0 spiro atoms. The van der Waals surface area contributed by atoms with Gasteiger partial charge in [0.15, 0.2) is 17.7 Å². The van der Waals surface area contributed by atoms with Crippen molar-refractivity contribution in [2.24, 2.45) is 5.73 Å². The fourth-order valence-corrected chi connectivity index (χ4v) is 4.51. The number of imidazole rings is 1. The summed E-state index contributed by atoms with van der Waals surface area (Å²) in [6, 6.07) is 0. The van der Waals surface area contributed by atoms with E-state index in [1.807, 2.05) is 0 Å². The predicted molar refractivity (Wildman–Crippen MR) is 92.4 cm³/mol. The van der Waals surface area contributed by atoms with E-state index < -0.39 is 24.5 Å². The largest absolute Gasteiger partial charge is 0.387 e. The van der Waals surface area contributed by atoms with Gasteiger partial charge >= 0.3 is 0 Å². The van der Waals surface area contributed by atoms with Crippen LogP contribution in [0.25, 0.3) is 11.2 Å². The molecule has 2 aromatic rings. The molecule has 3 heterocycles. The number of hydrogen-bond acceptors (Lipinski definition) is 8. The minimum Gasteiger partial charge on any atom is -0.387 e. The summed E-state index contributed by atoms with van der Waals surface area (Å²) in [4.78, 5) is 12.2. The molecular weight excluding hydrogens is 332 g/mol. The fraction of sp³-hybridized carbons (Fsp3) is 0.643. The zero-order valence-corrected chi connectivity index (χ0v) is 14.3. The lowest BCUT2D eigenvalue weighted by Crippen LogP contribution is -2.35. The Morgan fingerprint density at radius 3 is 2.83 bits per heavy atom. The predicted octanol–water partition coefficient (Wildman–Crippen LogP) is -1.38.